The molecule has 0 saturated carbocycles. The molecule has 0 spiro atoms. The summed E-state index contributed by atoms with van der Waals surface area (Å²) in [6, 6.07) is 3.78. The molecule has 1 aromatic rings. The second-order valence-electron chi connectivity index (χ2n) is 2.72. The van der Waals surface area contributed by atoms with Gasteiger partial charge in [-0.2, -0.15) is 0 Å². The number of hydrogen-bond donors (Lipinski definition) is 1. The molecule has 0 aliphatic rings. The van der Waals surface area contributed by atoms with E-state index in [4.69, 9.17) is 17.3 Å². The molecule has 0 aliphatic heterocycles. The molecule has 0 aromatic heterocycles. The quantitative estimate of drug-likeness (QED) is 0.475. The molecule has 0 amide bonds. The maximum atomic E-state index is 10.4. The zero-order chi connectivity index (χ0) is 10.7. The van der Waals surface area contributed by atoms with E-state index in [1.807, 2.05) is 0 Å². The van der Waals surface area contributed by atoms with Crippen LogP contribution in [0.4, 0.5) is 5.69 Å². The second kappa shape index (κ2) is 4.21. The van der Waals surface area contributed by atoms with Crippen molar-refractivity contribution in [1.82, 2.24) is 0 Å². The van der Waals surface area contributed by atoms with Crippen LogP contribution >= 0.6 is 11.6 Å². The molecule has 0 heterocycles. The number of non-ortho nitro benzene ring substituents is 1. The van der Waals surface area contributed by atoms with E-state index in [2.05, 4.69) is 6.58 Å². The van der Waals surface area contributed by atoms with Crippen molar-refractivity contribution in [2.24, 2.45) is 5.73 Å². The van der Waals surface area contributed by atoms with Crippen LogP contribution in [0.5, 0.6) is 0 Å². The molecule has 1 aromatic carbocycles. The Kier molecular flexibility index (Phi) is 3.22. The van der Waals surface area contributed by atoms with Crippen LogP contribution in [0.1, 0.15) is 11.6 Å². The molecule has 0 aliphatic carbocycles. The number of nitrogens with zero attached hydrogens (tertiary/aromatic N) is 1. The molecule has 0 bridgehead atoms. The van der Waals surface area contributed by atoms with Gasteiger partial charge in [0.25, 0.3) is 5.69 Å². The molecule has 1 atom stereocenters. The fraction of sp³-hybridized carbons (Fsp3) is 0.111. The number of nitro benzene ring substituents is 1. The summed E-state index contributed by atoms with van der Waals surface area (Å²) in [4.78, 5) is 9.89. The van der Waals surface area contributed by atoms with E-state index >= 15 is 0 Å². The molecular formula is C9H9ClN2O2. The predicted molar refractivity (Wildman–Crippen MR) is 55.2 cm³/mol. The highest BCUT2D eigenvalue weighted by Gasteiger charge is 2.11. The van der Waals surface area contributed by atoms with Crippen molar-refractivity contribution in [2.45, 2.75) is 6.04 Å². The normalized spacial score (nSPS) is 12.1. The molecule has 2 N–H and O–H groups in total. The first-order chi connectivity index (χ1) is 6.56. The maximum absolute atomic E-state index is 10.4. The van der Waals surface area contributed by atoms with Crippen LogP contribution in [0.2, 0.25) is 5.02 Å². The fourth-order valence-corrected chi connectivity index (χ4v) is 1.33. The van der Waals surface area contributed by atoms with Crippen molar-refractivity contribution in [1.29, 1.82) is 0 Å². The predicted octanol–water partition coefficient (Wildman–Crippen LogP) is 2.43. The van der Waals surface area contributed by atoms with E-state index in [9.17, 15) is 10.1 Å². The molecule has 1 unspecified atom stereocenters. The zero-order valence-electron chi connectivity index (χ0n) is 7.31. The Bertz CT molecular complexity index is 379. The van der Waals surface area contributed by atoms with Crippen molar-refractivity contribution in [2.75, 3.05) is 0 Å². The van der Waals surface area contributed by atoms with Gasteiger partial charge in [-0.1, -0.05) is 17.7 Å². The van der Waals surface area contributed by atoms with E-state index in [1.165, 1.54) is 24.3 Å². The summed E-state index contributed by atoms with van der Waals surface area (Å²) in [7, 11) is 0. The Balaban J connectivity index is 3.13. The van der Waals surface area contributed by atoms with E-state index in [0.29, 0.717) is 5.56 Å². The largest absolute Gasteiger partial charge is 0.321 e. The van der Waals surface area contributed by atoms with Crippen molar-refractivity contribution in [3.8, 4) is 0 Å². The van der Waals surface area contributed by atoms with Crippen LogP contribution in [0, 0.1) is 10.1 Å². The van der Waals surface area contributed by atoms with Crippen LogP contribution < -0.4 is 5.73 Å². The van der Waals surface area contributed by atoms with Gasteiger partial charge in [0, 0.05) is 18.2 Å². The first kappa shape index (κ1) is 10.7. The average molecular weight is 213 g/mol. The van der Waals surface area contributed by atoms with Gasteiger partial charge in [-0.25, -0.2) is 0 Å². The molecule has 1 rings (SSSR count). The van der Waals surface area contributed by atoms with Crippen molar-refractivity contribution in [3.05, 3.63) is 51.6 Å². The Hall–Kier alpha value is -1.39. The molecule has 0 radical (unpaired) electrons. The summed E-state index contributed by atoms with van der Waals surface area (Å²) in [5, 5.41) is 10.7. The zero-order valence-corrected chi connectivity index (χ0v) is 8.07. The lowest BCUT2D eigenvalue weighted by molar-refractivity contribution is -0.384. The minimum absolute atomic E-state index is 0.0463. The summed E-state index contributed by atoms with van der Waals surface area (Å²) in [5.74, 6) is 0. The maximum Gasteiger partial charge on any atom is 0.270 e. The lowest BCUT2D eigenvalue weighted by Gasteiger charge is -2.07. The fourth-order valence-electron chi connectivity index (χ4n) is 1.03. The Morgan fingerprint density at radius 3 is 2.71 bits per heavy atom. The van der Waals surface area contributed by atoms with Crippen LogP contribution in [0.3, 0.4) is 0 Å². The molecule has 0 saturated heterocycles. The summed E-state index contributed by atoms with van der Waals surface area (Å²) >= 11 is 5.81. The van der Waals surface area contributed by atoms with Gasteiger partial charge in [0.05, 0.1) is 9.95 Å². The van der Waals surface area contributed by atoms with Gasteiger partial charge in [0.1, 0.15) is 0 Å². The van der Waals surface area contributed by atoms with Crippen LogP contribution in [0.25, 0.3) is 0 Å². The minimum atomic E-state index is -0.505. The topological polar surface area (TPSA) is 69.2 Å². The van der Waals surface area contributed by atoms with Gasteiger partial charge >= 0.3 is 0 Å². The van der Waals surface area contributed by atoms with E-state index in [0.717, 1.165) is 0 Å². The third-order valence-corrected chi connectivity index (χ3v) is 2.14. The van der Waals surface area contributed by atoms with E-state index in [1.54, 1.807) is 0 Å². The lowest BCUT2D eigenvalue weighted by atomic mass is 10.1. The summed E-state index contributed by atoms with van der Waals surface area (Å²) in [6.45, 7) is 3.52. The Morgan fingerprint density at radius 2 is 2.29 bits per heavy atom. The molecule has 5 heteroatoms. The van der Waals surface area contributed by atoms with Gasteiger partial charge in [-0.05, 0) is 11.6 Å². The SMILES string of the molecule is C=CC(N)c1ccc([N+](=O)[O-])cc1Cl. The number of hydrogen-bond acceptors (Lipinski definition) is 3. The standard InChI is InChI=1S/C9H9ClN2O2/c1-2-9(11)7-4-3-6(12(13)14)5-8(7)10/h2-5,9H,1,11H2. The first-order valence-electron chi connectivity index (χ1n) is 3.88. The van der Waals surface area contributed by atoms with Crippen LogP contribution in [-0.2, 0) is 0 Å². The van der Waals surface area contributed by atoms with Gasteiger partial charge in [0.15, 0.2) is 0 Å². The van der Waals surface area contributed by atoms with Crippen molar-refractivity contribution in [3.63, 3.8) is 0 Å². The molecular weight excluding hydrogens is 204 g/mol. The number of nitrogens with two attached hydrogens (primary N) is 1. The Labute approximate surface area is 86.1 Å². The number of benzene rings is 1. The highest BCUT2D eigenvalue weighted by molar-refractivity contribution is 6.31. The smallest absolute Gasteiger partial charge is 0.270 e. The van der Waals surface area contributed by atoms with Crippen molar-refractivity contribution < 1.29 is 4.92 Å². The highest BCUT2D eigenvalue weighted by atomic mass is 35.5. The minimum Gasteiger partial charge on any atom is -0.321 e. The lowest BCUT2D eigenvalue weighted by Crippen LogP contribution is -2.07. The van der Waals surface area contributed by atoms with Crippen LogP contribution in [0.15, 0.2) is 30.9 Å². The van der Waals surface area contributed by atoms with Gasteiger partial charge in [-0.3, -0.25) is 10.1 Å². The van der Waals surface area contributed by atoms with E-state index in [-0.39, 0.29) is 10.7 Å². The molecule has 0 fully saturated rings. The summed E-state index contributed by atoms with van der Waals surface area (Å²) in [5.41, 5.74) is 6.23. The third-order valence-electron chi connectivity index (χ3n) is 1.81. The Morgan fingerprint density at radius 1 is 1.64 bits per heavy atom. The highest BCUT2D eigenvalue weighted by Crippen LogP contribution is 2.26. The van der Waals surface area contributed by atoms with Gasteiger partial charge < -0.3 is 5.73 Å². The summed E-state index contributed by atoms with van der Waals surface area (Å²) in [6.07, 6.45) is 1.52. The molecule has 74 valence electrons. The van der Waals surface area contributed by atoms with Crippen LogP contribution in [-0.4, -0.2) is 4.92 Å². The number of nitro groups is 1. The number of rotatable bonds is 3. The first-order valence-corrected chi connectivity index (χ1v) is 4.26. The summed E-state index contributed by atoms with van der Waals surface area (Å²) < 4.78 is 0. The van der Waals surface area contributed by atoms with Crippen molar-refractivity contribution >= 4 is 17.3 Å². The molecule has 14 heavy (non-hydrogen) atoms. The van der Waals surface area contributed by atoms with Gasteiger partial charge in [-0.15, -0.1) is 6.58 Å². The molecule has 4 nitrogen and oxygen atoms in total. The van der Waals surface area contributed by atoms with Gasteiger partial charge in [0.2, 0.25) is 0 Å². The average Bonchev–Trinajstić information content (AvgIpc) is 2.16. The number of halogens is 1. The second-order valence-corrected chi connectivity index (χ2v) is 3.13. The third kappa shape index (κ3) is 2.10. The van der Waals surface area contributed by atoms with E-state index < -0.39 is 11.0 Å². The monoisotopic (exact) mass is 212 g/mol.